The quantitative estimate of drug-likeness (QED) is 0.526. The summed E-state index contributed by atoms with van der Waals surface area (Å²) in [6.45, 7) is 10.5. The maximum Gasteiger partial charge on any atom is 0.313 e. The van der Waals surface area contributed by atoms with E-state index in [1.807, 2.05) is 0 Å². The summed E-state index contributed by atoms with van der Waals surface area (Å²) >= 11 is 0. The first kappa shape index (κ1) is 25.8. The maximum atomic E-state index is 14.0. The van der Waals surface area contributed by atoms with Crippen LogP contribution in [0.3, 0.4) is 0 Å². The van der Waals surface area contributed by atoms with Gasteiger partial charge in [-0.1, -0.05) is 26.8 Å². The van der Waals surface area contributed by atoms with Crippen molar-refractivity contribution in [3.05, 3.63) is 47.0 Å². The van der Waals surface area contributed by atoms with Gasteiger partial charge in [0.15, 0.2) is 31.3 Å². The van der Waals surface area contributed by atoms with E-state index in [0.29, 0.717) is 34.1 Å². The van der Waals surface area contributed by atoms with Gasteiger partial charge in [-0.2, -0.15) is 0 Å². The molecular weight excluding hydrogens is 482 g/mol. The molecule has 0 saturated carbocycles. The van der Waals surface area contributed by atoms with Crippen molar-refractivity contribution >= 4 is 20.2 Å². The summed E-state index contributed by atoms with van der Waals surface area (Å²) < 4.78 is 28.2. The van der Waals surface area contributed by atoms with Gasteiger partial charge in [-0.25, -0.2) is 0 Å². The minimum absolute atomic E-state index is 0.0496. The monoisotopic (exact) mass is 515 g/mol. The second-order valence-electron chi connectivity index (χ2n) is 10.5. The minimum Gasteiger partial charge on any atom is -0.493 e. The van der Waals surface area contributed by atoms with Gasteiger partial charge in [-0.05, 0) is 53.5 Å². The molecule has 0 aromatic heterocycles. The number of aliphatic carboxylic acids is 1. The van der Waals surface area contributed by atoms with Gasteiger partial charge in [0.25, 0.3) is 5.91 Å². The van der Waals surface area contributed by atoms with Gasteiger partial charge in [0.1, 0.15) is 12.6 Å². The van der Waals surface area contributed by atoms with Crippen molar-refractivity contribution in [2.75, 3.05) is 27.7 Å². The molecule has 0 bridgehead atoms. The Kier molecular flexibility index (Phi) is 6.69. The van der Waals surface area contributed by atoms with E-state index in [1.165, 1.54) is 19.1 Å². The molecule has 0 saturated heterocycles. The van der Waals surface area contributed by atoms with E-state index < -0.39 is 26.2 Å². The third-order valence-electron chi connectivity index (χ3n) is 7.41. The van der Waals surface area contributed by atoms with Crippen molar-refractivity contribution in [2.45, 2.75) is 50.9 Å². The number of carbonyl (C=O) groups excluding carboxylic acids is 1. The Morgan fingerprint density at radius 2 is 1.72 bits per heavy atom. The van der Waals surface area contributed by atoms with Crippen molar-refractivity contribution < 1.29 is 38.1 Å². The number of hydrogen-bond acceptors (Lipinski definition) is 7. The van der Waals surface area contributed by atoms with Crippen LogP contribution in [0.25, 0.3) is 0 Å². The summed E-state index contributed by atoms with van der Waals surface area (Å²) in [4.78, 5) is 28.3. The molecule has 2 aromatic carbocycles. The van der Waals surface area contributed by atoms with Gasteiger partial charge in [0.05, 0.1) is 20.3 Å². The lowest BCUT2D eigenvalue weighted by Gasteiger charge is -2.44. The van der Waals surface area contributed by atoms with Crippen molar-refractivity contribution in [2.24, 2.45) is 0 Å². The molecular formula is C26H33NO8Si. The SMILES string of the molecule is COc1cc2c(cc1OC)[C@@H](C(=O)O)C(c1ccc3c(c1)OCO3)N(CO[Si](C)(C)C(C)(C)C)C2=O. The predicted octanol–water partition coefficient (Wildman–Crippen LogP) is 4.78. The van der Waals surface area contributed by atoms with Crippen molar-refractivity contribution in [1.29, 1.82) is 0 Å². The van der Waals surface area contributed by atoms with Crippen LogP contribution in [0.1, 0.15) is 54.2 Å². The van der Waals surface area contributed by atoms with Crippen LogP contribution in [0.2, 0.25) is 18.1 Å². The second kappa shape index (κ2) is 9.33. The Hall–Kier alpha value is -3.24. The molecule has 0 spiro atoms. The van der Waals surface area contributed by atoms with E-state index in [1.54, 1.807) is 30.3 Å². The summed E-state index contributed by atoms with van der Waals surface area (Å²) in [7, 11) is 0.674. The fourth-order valence-corrected chi connectivity index (χ4v) is 5.19. The Labute approximate surface area is 212 Å². The molecule has 9 nitrogen and oxygen atoms in total. The van der Waals surface area contributed by atoms with Gasteiger partial charge in [0.2, 0.25) is 6.79 Å². The third kappa shape index (κ3) is 4.39. The van der Waals surface area contributed by atoms with Crippen LogP contribution in [0.15, 0.2) is 30.3 Å². The number of hydrogen-bond donors (Lipinski definition) is 1. The number of rotatable bonds is 7. The zero-order valence-corrected chi connectivity index (χ0v) is 22.7. The van der Waals surface area contributed by atoms with E-state index in [4.69, 9.17) is 23.4 Å². The topological polar surface area (TPSA) is 104 Å². The largest absolute Gasteiger partial charge is 0.493 e. The predicted molar refractivity (Wildman–Crippen MR) is 135 cm³/mol. The molecule has 0 fully saturated rings. The first-order valence-corrected chi connectivity index (χ1v) is 14.6. The standard InChI is InChI=1S/C26H33NO8Si/c1-26(2,3)36(6,7)35-13-27-23(15-8-9-18-21(10-15)34-14-33-18)22(25(29)30)16-11-19(31-4)20(32-5)12-17(16)24(27)28/h8-12,22-23H,13-14H2,1-7H3,(H,29,30)/t22-,23?/m1/s1. The molecule has 1 amide bonds. The van der Waals surface area contributed by atoms with E-state index in [2.05, 4.69) is 33.9 Å². The number of amides is 1. The van der Waals surface area contributed by atoms with Crippen LogP contribution in [-0.4, -0.2) is 57.9 Å². The zero-order valence-electron chi connectivity index (χ0n) is 21.7. The van der Waals surface area contributed by atoms with Crippen LogP contribution >= 0.6 is 0 Å². The number of nitrogens with zero attached hydrogens (tertiary/aromatic N) is 1. The molecule has 2 aliphatic heterocycles. The van der Waals surface area contributed by atoms with Gasteiger partial charge in [-0.3, -0.25) is 9.59 Å². The third-order valence-corrected chi connectivity index (χ3v) is 11.9. The number of carbonyl (C=O) groups is 2. The van der Waals surface area contributed by atoms with Crippen molar-refractivity contribution in [1.82, 2.24) is 4.90 Å². The van der Waals surface area contributed by atoms with Crippen LogP contribution in [0.5, 0.6) is 23.0 Å². The van der Waals surface area contributed by atoms with Crippen LogP contribution in [-0.2, 0) is 9.22 Å². The highest BCUT2D eigenvalue weighted by Gasteiger charge is 2.47. The summed E-state index contributed by atoms with van der Waals surface area (Å²) in [6, 6.07) is 7.52. The molecule has 0 radical (unpaired) electrons. The number of fused-ring (bicyclic) bond motifs is 2. The lowest BCUT2D eigenvalue weighted by Crippen LogP contribution is -2.50. The maximum absolute atomic E-state index is 14.0. The molecule has 1 N–H and O–H groups in total. The van der Waals surface area contributed by atoms with E-state index in [-0.39, 0.29) is 30.0 Å². The van der Waals surface area contributed by atoms with E-state index in [0.717, 1.165) is 0 Å². The Balaban J connectivity index is 1.88. The number of ether oxygens (including phenoxy) is 4. The summed E-state index contributed by atoms with van der Waals surface area (Å²) in [6.07, 6.45) is 0. The molecule has 0 aliphatic carbocycles. The van der Waals surface area contributed by atoms with Crippen LogP contribution in [0.4, 0.5) is 0 Å². The van der Waals surface area contributed by atoms with Gasteiger partial charge in [0, 0.05) is 5.56 Å². The lowest BCUT2D eigenvalue weighted by atomic mass is 9.79. The summed E-state index contributed by atoms with van der Waals surface area (Å²) in [5.74, 6) is -0.718. The minimum atomic E-state index is -2.27. The zero-order chi connectivity index (χ0) is 26.4. The lowest BCUT2D eigenvalue weighted by molar-refractivity contribution is -0.141. The van der Waals surface area contributed by atoms with Gasteiger partial charge in [-0.15, -0.1) is 0 Å². The molecule has 1 unspecified atom stereocenters. The van der Waals surface area contributed by atoms with Crippen molar-refractivity contribution in [3.63, 3.8) is 0 Å². The Morgan fingerprint density at radius 3 is 2.33 bits per heavy atom. The first-order valence-electron chi connectivity index (χ1n) is 11.7. The highest BCUT2D eigenvalue weighted by atomic mass is 28.4. The fourth-order valence-electron chi connectivity index (χ4n) is 4.29. The average Bonchev–Trinajstić information content (AvgIpc) is 3.29. The normalized spacial score (nSPS) is 19.2. The highest BCUT2D eigenvalue weighted by Crippen LogP contribution is 2.48. The summed E-state index contributed by atoms with van der Waals surface area (Å²) in [5, 5.41) is 10.4. The average molecular weight is 516 g/mol. The first-order chi connectivity index (χ1) is 16.9. The van der Waals surface area contributed by atoms with E-state index in [9.17, 15) is 14.7 Å². The van der Waals surface area contributed by atoms with E-state index >= 15 is 0 Å². The van der Waals surface area contributed by atoms with Gasteiger partial charge >= 0.3 is 5.97 Å². The molecule has 36 heavy (non-hydrogen) atoms. The number of carboxylic acids is 1. The number of carboxylic acid groups (broad SMARTS) is 1. The smallest absolute Gasteiger partial charge is 0.313 e. The summed E-state index contributed by atoms with van der Waals surface area (Å²) in [5.41, 5.74) is 1.21. The fraction of sp³-hybridized carbons (Fsp3) is 0.462. The molecule has 2 aliphatic rings. The molecule has 10 heteroatoms. The van der Waals surface area contributed by atoms with Crippen LogP contribution in [0, 0.1) is 0 Å². The Morgan fingerprint density at radius 1 is 1.08 bits per heavy atom. The Bertz CT molecular complexity index is 1190. The number of methoxy groups -OCH3 is 2. The molecule has 2 atom stereocenters. The molecule has 2 aromatic rings. The molecule has 194 valence electrons. The second-order valence-corrected chi connectivity index (χ2v) is 15.3. The highest BCUT2D eigenvalue weighted by molar-refractivity contribution is 6.74. The molecule has 2 heterocycles. The number of benzene rings is 2. The van der Waals surface area contributed by atoms with Crippen molar-refractivity contribution in [3.8, 4) is 23.0 Å². The van der Waals surface area contributed by atoms with Crippen LogP contribution < -0.4 is 18.9 Å². The molecule has 4 rings (SSSR count). The van der Waals surface area contributed by atoms with Gasteiger partial charge < -0.3 is 33.4 Å².